The van der Waals surface area contributed by atoms with Crippen molar-refractivity contribution in [1.82, 2.24) is 4.98 Å². The van der Waals surface area contributed by atoms with Crippen LogP contribution < -0.4 is 5.73 Å². The Morgan fingerprint density at radius 2 is 2.05 bits per heavy atom. The molecule has 0 atom stereocenters. The molecule has 1 aromatic heterocycles. The normalized spacial score (nSPS) is 10.3. The third-order valence-corrected chi connectivity index (χ3v) is 3.24. The number of pyridine rings is 1. The summed E-state index contributed by atoms with van der Waals surface area (Å²) >= 11 is 11.6. The summed E-state index contributed by atoms with van der Waals surface area (Å²) in [7, 11) is 0. The molecule has 0 amide bonds. The molecule has 1 aromatic carbocycles. The molecule has 20 heavy (non-hydrogen) atoms. The molecule has 2 N–H and O–H groups in total. The summed E-state index contributed by atoms with van der Waals surface area (Å²) in [5, 5.41) is 0.337. The summed E-state index contributed by atoms with van der Waals surface area (Å²) in [6.45, 7) is -0.107. The van der Waals surface area contributed by atoms with Gasteiger partial charge in [0.1, 0.15) is 12.4 Å². The quantitative estimate of drug-likeness (QED) is 0.696. The largest absolute Gasteiger partial charge is 0.457 e. The third-order valence-electron chi connectivity index (χ3n) is 2.42. The highest BCUT2D eigenvalue weighted by Crippen LogP contribution is 2.29. The van der Waals surface area contributed by atoms with Gasteiger partial charge in [-0.25, -0.2) is 9.18 Å². The molecule has 0 bridgehead atoms. The van der Waals surface area contributed by atoms with Crippen LogP contribution in [0.1, 0.15) is 15.9 Å². The lowest BCUT2D eigenvalue weighted by atomic mass is 10.2. The van der Waals surface area contributed by atoms with Crippen molar-refractivity contribution in [2.45, 2.75) is 6.61 Å². The monoisotopic (exact) mass is 314 g/mol. The average molecular weight is 315 g/mol. The number of nitrogen functional groups attached to an aromatic ring is 1. The lowest BCUT2D eigenvalue weighted by Gasteiger charge is -2.07. The molecule has 4 nitrogen and oxygen atoms in total. The highest BCUT2D eigenvalue weighted by molar-refractivity contribution is 6.43. The minimum Gasteiger partial charge on any atom is -0.457 e. The molecule has 0 aliphatic heterocycles. The van der Waals surface area contributed by atoms with Crippen molar-refractivity contribution >= 4 is 34.9 Å². The van der Waals surface area contributed by atoms with E-state index < -0.39 is 11.8 Å². The van der Waals surface area contributed by atoms with Gasteiger partial charge in [-0.15, -0.1) is 0 Å². The predicted molar refractivity (Wildman–Crippen MR) is 74.2 cm³/mol. The molecule has 2 rings (SSSR count). The first-order valence-corrected chi connectivity index (χ1v) is 6.24. The molecule has 104 valence electrons. The molecule has 0 fully saturated rings. The Kier molecular flexibility index (Phi) is 4.42. The van der Waals surface area contributed by atoms with E-state index in [0.29, 0.717) is 5.56 Å². The van der Waals surface area contributed by atoms with Gasteiger partial charge in [-0.1, -0.05) is 23.2 Å². The Balaban J connectivity index is 2.09. The highest BCUT2D eigenvalue weighted by Gasteiger charge is 2.12. The van der Waals surface area contributed by atoms with Gasteiger partial charge < -0.3 is 10.5 Å². The van der Waals surface area contributed by atoms with E-state index in [9.17, 15) is 9.18 Å². The molecular weight excluding hydrogens is 306 g/mol. The van der Waals surface area contributed by atoms with Crippen molar-refractivity contribution in [1.29, 1.82) is 0 Å². The van der Waals surface area contributed by atoms with E-state index >= 15 is 0 Å². The molecule has 0 saturated heterocycles. The van der Waals surface area contributed by atoms with Crippen LogP contribution >= 0.6 is 23.2 Å². The van der Waals surface area contributed by atoms with Gasteiger partial charge in [0.15, 0.2) is 0 Å². The number of aromatic nitrogens is 1. The number of nitrogens with zero attached hydrogens (tertiary/aromatic N) is 1. The summed E-state index contributed by atoms with van der Waals surface area (Å²) in [6.07, 6.45) is 2.46. The zero-order valence-corrected chi connectivity index (χ0v) is 11.6. The lowest BCUT2D eigenvalue weighted by Crippen LogP contribution is -2.06. The molecule has 2 aromatic rings. The summed E-state index contributed by atoms with van der Waals surface area (Å²) in [5.74, 6) is -1.14. The number of esters is 1. The van der Waals surface area contributed by atoms with Crippen LogP contribution in [0.4, 0.5) is 10.1 Å². The van der Waals surface area contributed by atoms with E-state index in [-0.39, 0.29) is 27.9 Å². The predicted octanol–water partition coefficient (Wildman–Crippen LogP) is 3.47. The topological polar surface area (TPSA) is 65.2 Å². The first-order valence-electron chi connectivity index (χ1n) is 5.48. The second kappa shape index (κ2) is 6.07. The molecule has 1 heterocycles. The molecule has 0 radical (unpaired) electrons. The number of anilines is 1. The molecule has 0 spiro atoms. The van der Waals surface area contributed by atoms with Crippen molar-refractivity contribution in [2.75, 3.05) is 5.73 Å². The van der Waals surface area contributed by atoms with Gasteiger partial charge in [0.2, 0.25) is 0 Å². The fourth-order valence-corrected chi connectivity index (χ4v) is 1.83. The van der Waals surface area contributed by atoms with Crippen LogP contribution in [-0.4, -0.2) is 11.0 Å². The number of rotatable bonds is 3. The van der Waals surface area contributed by atoms with Crippen LogP contribution in [-0.2, 0) is 11.3 Å². The SMILES string of the molecule is Nc1cc(C(=O)OCc2cncc(F)c2)cc(Cl)c1Cl. The molecule has 7 heteroatoms. The maximum atomic E-state index is 12.9. The second-order valence-electron chi connectivity index (χ2n) is 3.95. The fraction of sp³-hybridized carbons (Fsp3) is 0.0769. The first kappa shape index (κ1) is 14.6. The van der Waals surface area contributed by atoms with E-state index in [2.05, 4.69) is 4.98 Å². The number of halogens is 3. The molecule has 0 unspecified atom stereocenters. The number of hydrogen-bond donors (Lipinski definition) is 1. The zero-order chi connectivity index (χ0) is 14.7. The second-order valence-corrected chi connectivity index (χ2v) is 4.73. The van der Waals surface area contributed by atoms with Crippen LogP contribution in [0, 0.1) is 5.82 Å². The Labute approximate surface area is 124 Å². The van der Waals surface area contributed by atoms with E-state index in [4.69, 9.17) is 33.7 Å². The Bertz CT molecular complexity index is 642. The van der Waals surface area contributed by atoms with Gasteiger partial charge in [-0.2, -0.15) is 0 Å². The lowest BCUT2D eigenvalue weighted by molar-refractivity contribution is 0.0472. The van der Waals surface area contributed by atoms with Crippen molar-refractivity contribution in [2.24, 2.45) is 0 Å². The highest BCUT2D eigenvalue weighted by atomic mass is 35.5. The van der Waals surface area contributed by atoms with Crippen molar-refractivity contribution in [3.8, 4) is 0 Å². The summed E-state index contributed by atoms with van der Waals surface area (Å²) in [4.78, 5) is 15.5. The maximum absolute atomic E-state index is 12.9. The van der Waals surface area contributed by atoms with Gasteiger partial charge >= 0.3 is 5.97 Å². The molecule has 0 aliphatic carbocycles. The van der Waals surface area contributed by atoms with Crippen LogP contribution in [0.15, 0.2) is 30.6 Å². The smallest absolute Gasteiger partial charge is 0.338 e. The number of carbonyl (C=O) groups excluding carboxylic acids is 1. The Morgan fingerprint density at radius 3 is 2.70 bits per heavy atom. The number of benzene rings is 1. The van der Waals surface area contributed by atoms with Gasteiger partial charge in [-0.05, 0) is 18.2 Å². The van der Waals surface area contributed by atoms with E-state index in [1.54, 1.807) is 0 Å². The van der Waals surface area contributed by atoms with Gasteiger partial charge in [0.05, 0.1) is 27.5 Å². The number of carbonyl (C=O) groups is 1. The summed E-state index contributed by atoms with van der Waals surface area (Å²) in [6, 6.07) is 3.94. The Hall–Kier alpha value is -1.85. The summed E-state index contributed by atoms with van der Waals surface area (Å²) < 4.78 is 17.9. The van der Waals surface area contributed by atoms with Crippen molar-refractivity contribution in [3.05, 3.63) is 57.6 Å². The van der Waals surface area contributed by atoms with Gasteiger partial charge in [-0.3, -0.25) is 4.98 Å². The van der Waals surface area contributed by atoms with Crippen LogP contribution in [0.25, 0.3) is 0 Å². The van der Waals surface area contributed by atoms with E-state index in [1.165, 1.54) is 24.4 Å². The minimum absolute atomic E-state index is 0.107. The zero-order valence-electron chi connectivity index (χ0n) is 10.1. The van der Waals surface area contributed by atoms with Crippen molar-refractivity contribution in [3.63, 3.8) is 0 Å². The standard InChI is InChI=1S/C13H9Cl2FN2O2/c14-10-2-8(3-11(17)12(10)15)13(19)20-6-7-1-9(16)5-18-4-7/h1-5H,6,17H2. The van der Waals surface area contributed by atoms with E-state index in [1.807, 2.05) is 0 Å². The minimum atomic E-state index is -0.639. The van der Waals surface area contributed by atoms with Gasteiger partial charge in [0, 0.05) is 11.8 Å². The summed E-state index contributed by atoms with van der Waals surface area (Å²) in [5.41, 5.74) is 6.39. The van der Waals surface area contributed by atoms with Crippen molar-refractivity contribution < 1.29 is 13.9 Å². The number of ether oxygens (including phenoxy) is 1. The average Bonchev–Trinajstić information content (AvgIpc) is 2.41. The van der Waals surface area contributed by atoms with Crippen LogP contribution in [0.5, 0.6) is 0 Å². The number of hydrogen-bond acceptors (Lipinski definition) is 4. The first-order chi connectivity index (χ1) is 9.47. The molecular formula is C13H9Cl2FN2O2. The van der Waals surface area contributed by atoms with Crippen LogP contribution in [0.3, 0.4) is 0 Å². The maximum Gasteiger partial charge on any atom is 0.338 e. The van der Waals surface area contributed by atoms with E-state index in [0.717, 1.165) is 6.20 Å². The number of nitrogens with two attached hydrogens (primary N) is 1. The van der Waals surface area contributed by atoms with Crippen LogP contribution in [0.2, 0.25) is 10.0 Å². The van der Waals surface area contributed by atoms with Gasteiger partial charge in [0.25, 0.3) is 0 Å². The fourth-order valence-electron chi connectivity index (χ4n) is 1.50. The molecule has 0 aliphatic rings. The third kappa shape index (κ3) is 3.37. The molecule has 0 saturated carbocycles. The Morgan fingerprint density at radius 1 is 1.30 bits per heavy atom.